The lowest BCUT2D eigenvalue weighted by Crippen LogP contribution is -2.29. The second-order valence-electron chi connectivity index (χ2n) is 4.24. The number of halogens is 4. The Labute approximate surface area is 118 Å². The summed E-state index contributed by atoms with van der Waals surface area (Å²) in [5.41, 5.74) is -0.524. The third-order valence-electron chi connectivity index (χ3n) is 2.57. The highest BCUT2D eigenvalue weighted by Crippen LogP contribution is 2.21. The van der Waals surface area contributed by atoms with Gasteiger partial charge in [0.1, 0.15) is 5.82 Å². The predicted octanol–water partition coefficient (Wildman–Crippen LogP) is 1.46. The van der Waals surface area contributed by atoms with Gasteiger partial charge in [0.25, 0.3) is 5.91 Å². The van der Waals surface area contributed by atoms with Gasteiger partial charge >= 0.3 is 6.18 Å². The zero-order chi connectivity index (χ0) is 16.4. The first-order valence-electron chi connectivity index (χ1n) is 5.60. The number of hydrogen-bond acceptors (Lipinski definition) is 3. The molecule has 0 aliphatic carbocycles. The van der Waals surface area contributed by atoms with Gasteiger partial charge in [-0.1, -0.05) is 0 Å². The van der Waals surface area contributed by atoms with Crippen molar-refractivity contribution >= 4 is 15.9 Å². The van der Waals surface area contributed by atoms with Crippen molar-refractivity contribution in [2.75, 3.05) is 6.54 Å². The van der Waals surface area contributed by atoms with E-state index in [4.69, 9.17) is 5.14 Å². The number of primary sulfonamides is 1. The largest absolute Gasteiger partial charge is 0.390 e. The van der Waals surface area contributed by atoms with Crippen molar-refractivity contribution in [1.29, 1.82) is 0 Å². The van der Waals surface area contributed by atoms with Crippen LogP contribution in [0.5, 0.6) is 0 Å². The number of alkyl halides is 3. The molecule has 5 nitrogen and oxygen atoms in total. The second-order valence-corrected chi connectivity index (χ2v) is 5.77. The van der Waals surface area contributed by atoms with Crippen LogP contribution in [0.2, 0.25) is 0 Å². The average molecular weight is 328 g/mol. The first kappa shape index (κ1) is 17.4. The van der Waals surface area contributed by atoms with Crippen molar-refractivity contribution in [2.24, 2.45) is 5.14 Å². The minimum absolute atomic E-state index is 0.136. The Morgan fingerprint density at radius 3 is 2.38 bits per heavy atom. The van der Waals surface area contributed by atoms with E-state index in [0.717, 1.165) is 6.07 Å². The molecule has 0 bridgehead atoms. The van der Waals surface area contributed by atoms with Crippen molar-refractivity contribution in [2.45, 2.75) is 24.4 Å². The molecule has 0 aliphatic heterocycles. The summed E-state index contributed by atoms with van der Waals surface area (Å²) >= 11 is 0. The van der Waals surface area contributed by atoms with Gasteiger partial charge in [-0.15, -0.1) is 0 Å². The van der Waals surface area contributed by atoms with E-state index in [0.29, 0.717) is 6.07 Å². The maximum atomic E-state index is 13.3. The fourth-order valence-electron chi connectivity index (χ4n) is 1.60. The van der Waals surface area contributed by atoms with Crippen LogP contribution in [0.1, 0.15) is 22.3 Å². The molecule has 0 spiro atoms. The molecule has 0 saturated heterocycles. The molecule has 0 aliphatic rings. The summed E-state index contributed by atoms with van der Waals surface area (Å²) in [5, 5.41) is 6.82. The summed E-state index contributed by atoms with van der Waals surface area (Å²) < 4.78 is 71.7. The van der Waals surface area contributed by atoms with Crippen molar-refractivity contribution in [3.63, 3.8) is 0 Å². The lowest BCUT2D eigenvalue weighted by atomic mass is 10.1. The van der Waals surface area contributed by atoms with Crippen LogP contribution >= 0.6 is 0 Å². The third kappa shape index (κ3) is 4.97. The molecular formula is C11H12F4N2O3S. The molecular weight excluding hydrogens is 316 g/mol. The zero-order valence-corrected chi connectivity index (χ0v) is 11.6. The number of carbonyl (C=O) groups is 1. The standard InChI is InChI=1S/C11H12F4N2O3S/c1-6-8(10(18)17-3-2-11(13,14)15)4-7(12)5-9(6)21(16,19)20/h4-5H,2-3H2,1H3,(H,17,18)(H2,16,19,20). The van der Waals surface area contributed by atoms with E-state index in [2.05, 4.69) is 0 Å². The molecule has 0 saturated carbocycles. The van der Waals surface area contributed by atoms with Gasteiger partial charge in [0.05, 0.1) is 11.3 Å². The van der Waals surface area contributed by atoms with Gasteiger partial charge in [0.15, 0.2) is 0 Å². The van der Waals surface area contributed by atoms with E-state index in [1.54, 1.807) is 0 Å². The number of nitrogens with two attached hydrogens (primary N) is 1. The predicted molar refractivity (Wildman–Crippen MR) is 65.5 cm³/mol. The Balaban J connectivity index is 3.03. The smallest absolute Gasteiger partial charge is 0.352 e. The highest BCUT2D eigenvalue weighted by molar-refractivity contribution is 7.89. The highest BCUT2D eigenvalue weighted by atomic mass is 32.2. The van der Waals surface area contributed by atoms with E-state index in [1.165, 1.54) is 6.92 Å². The van der Waals surface area contributed by atoms with Crippen molar-refractivity contribution in [1.82, 2.24) is 5.32 Å². The van der Waals surface area contributed by atoms with Gasteiger partial charge in [0.2, 0.25) is 10.0 Å². The molecule has 3 N–H and O–H groups in total. The first-order chi connectivity index (χ1) is 9.42. The Hall–Kier alpha value is -1.68. The zero-order valence-electron chi connectivity index (χ0n) is 10.8. The number of nitrogens with one attached hydrogen (secondary N) is 1. The molecule has 0 unspecified atom stereocenters. The average Bonchev–Trinajstić information content (AvgIpc) is 2.28. The van der Waals surface area contributed by atoms with Gasteiger partial charge in [-0.2, -0.15) is 13.2 Å². The highest BCUT2D eigenvalue weighted by Gasteiger charge is 2.27. The summed E-state index contributed by atoms with van der Waals surface area (Å²) in [6.45, 7) is 0.501. The number of amides is 1. The molecule has 0 atom stereocenters. The minimum atomic E-state index is -4.45. The second kappa shape index (κ2) is 5.98. The fraction of sp³-hybridized carbons (Fsp3) is 0.364. The van der Waals surface area contributed by atoms with E-state index in [9.17, 15) is 30.8 Å². The number of hydrogen-bond donors (Lipinski definition) is 2. The van der Waals surface area contributed by atoms with Crippen molar-refractivity contribution in [3.05, 3.63) is 29.1 Å². The van der Waals surface area contributed by atoms with Crippen LogP contribution < -0.4 is 10.5 Å². The third-order valence-corrected chi connectivity index (χ3v) is 3.61. The number of rotatable bonds is 4. The van der Waals surface area contributed by atoms with Crippen LogP contribution in [0.15, 0.2) is 17.0 Å². The summed E-state index contributed by atoms with van der Waals surface area (Å²) in [4.78, 5) is 11.1. The summed E-state index contributed by atoms with van der Waals surface area (Å²) in [7, 11) is -4.26. The van der Waals surface area contributed by atoms with E-state index >= 15 is 0 Å². The summed E-state index contributed by atoms with van der Waals surface area (Å²) in [5.74, 6) is -2.05. The lowest BCUT2D eigenvalue weighted by Gasteiger charge is -2.12. The van der Waals surface area contributed by atoms with Crippen LogP contribution in [-0.2, 0) is 10.0 Å². The normalized spacial score (nSPS) is 12.3. The van der Waals surface area contributed by atoms with Crippen LogP contribution in [0.4, 0.5) is 17.6 Å². The van der Waals surface area contributed by atoms with Gasteiger partial charge in [-0.05, 0) is 24.6 Å². The maximum Gasteiger partial charge on any atom is 0.390 e. The van der Waals surface area contributed by atoms with Crippen molar-refractivity contribution < 1.29 is 30.8 Å². The molecule has 0 radical (unpaired) electrons. The van der Waals surface area contributed by atoms with Crippen LogP contribution in [0, 0.1) is 12.7 Å². The molecule has 0 heterocycles. The number of benzene rings is 1. The Kier molecular flexibility index (Phi) is 4.95. The molecule has 1 aromatic carbocycles. The van der Waals surface area contributed by atoms with Crippen LogP contribution in [-0.4, -0.2) is 27.0 Å². The summed E-state index contributed by atoms with van der Waals surface area (Å²) in [6, 6.07) is 1.37. The van der Waals surface area contributed by atoms with Gasteiger partial charge < -0.3 is 5.32 Å². The van der Waals surface area contributed by atoms with E-state index in [1.807, 2.05) is 5.32 Å². The quantitative estimate of drug-likeness (QED) is 0.820. The molecule has 1 rings (SSSR count). The van der Waals surface area contributed by atoms with Gasteiger partial charge in [0, 0.05) is 12.1 Å². The molecule has 0 fully saturated rings. The minimum Gasteiger partial charge on any atom is -0.352 e. The summed E-state index contributed by atoms with van der Waals surface area (Å²) in [6.07, 6.45) is -5.70. The van der Waals surface area contributed by atoms with Gasteiger partial charge in [-0.3, -0.25) is 4.79 Å². The van der Waals surface area contributed by atoms with E-state index in [-0.39, 0.29) is 11.1 Å². The SMILES string of the molecule is Cc1c(C(=O)NCCC(F)(F)F)cc(F)cc1S(N)(=O)=O. The molecule has 0 aromatic heterocycles. The van der Waals surface area contributed by atoms with Crippen LogP contribution in [0.25, 0.3) is 0 Å². The molecule has 1 aromatic rings. The molecule has 1 amide bonds. The molecule has 21 heavy (non-hydrogen) atoms. The monoisotopic (exact) mass is 328 g/mol. The topological polar surface area (TPSA) is 89.3 Å². The van der Waals surface area contributed by atoms with Crippen LogP contribution in [0.3, 0.4) is 0 Å². The van der Waals surface area contributed by atoms with Gasteiger partial charge in [-0.25, -0.2) is 17.9 Å². The molecule has 118 valence electrons. The Bertz CT molecular complexity index is 656. The number of sulfonamides is 1. The molecule has 10 heteroatoms. The van der Waals surface area contributed by atoms with Crippen molar-refractivity contribution in [3.8, 4) is 0 Å². The maximum absolute atomic E-state index is 13.3. The fourth-order valence-corrected chi connectivity index (χ4v) is 2.41. The first-order valence-corrected chi connectivity index (χ1v) is 7.14. The Morgan fingerprint density at radius 2 is 1.90 bits per heavy atom. The van der Waals surface area contributed by atoms with E-state index < -0.39 is 45.8 Å². The number of carbonyl (C=O) groups excluding carboxylic acids is 1. The Morgan fingerprint density at radius 1 is 1.33 bits per heavy atom. The lowest BCUT2D eigenvalue weighted by molar-refractivity contribution is -0.132.